The number of rotatable bonds is 5. The third-order valence-corrected chi connectivity index (χ3v) is 1.98. The SMILES string of the molecule is CN(C)CCOc1cc(N)ccc1[N+](=O)[O-]. The van der Waals surface area contributed by atoms with Crippen molar-refractivity contribution in [2.45, 2.75) is 0 Å². The summed E-state index contributed by atoms with van der Waals surface area (Å²) in [4.78, 5) is 12.2. The lowest BCUT2D eigenvalue weighted by Crippen LogP contribution is -2.19. The molecule has 0 heterocycles. The second-order valence-electron chi connectivity index (χ2n) is 3.64. The molecule has 1 aromatic rings. The van der Waals surface area contributed by atoms with Crippen LogP contribution in [0.15, 0.2) is 18.2 Å². The number of likely N-dealkylation sites (N-methyl/N-ethyl adjacent to an activating group) is 1. The lowest BCUT2D eigenvalue weighted by atomic mass is 10.2. The first kappa shape index (κ1) is 12.3. The van der Waals surface area contributed by atoms with Gasteiger partial charge in [-0.3, -0.25) is 10.1 Å². The van der Waals surface area contributed by atoms with E-state index in [1.807, 2.05) is 19.0 Å². The molecule has 0 saturated carbocycles. The second-order valence-corrected chi connectivity index (χ2v) is 3.64. The number of hydrogen-bond donors (Lipinski definition) is 1. The molecule has 0 radical (unpaired) electrons. The molecule has 0 spiro atoms. The summed E-state index contributed by atoms with van der Waals surface area (Å²) in [5, 5.41) is 10.7. The minimum Gasteiger partial charge on any atom is -0.485 e. The average molecular weight is 225 g/mol. The molecule has 16 heavy (non-hydrogen) atoms. The smallest absolute Gasteiger partial charge is 0.311 e. The molecule has 1 aromatic carbocycles. The number of nitro groups is 1. The van der Waals surface area contributed by atoms with E-state index >= 15 is 0 Å². The van der Waals surface area contributed by atoms with Crippen molar-refractivity contribution in [3.63, 3.8) is 0 Å². The van der Waals surface area contributed by atoms with Gasteiger partial charge in [-0.2, -0.15) is 0 Å². The average Bonchev–Trinajstić information content (AvgIpc) is 2.16. The Labute approximate surface area is 93.8 Å². The highest BCUT2D eigenvalue weighted by molar-refractivity contribution is 5.55. The fraction of sp³-hybridized carbons (Fsp3) is 0.400. The monoisotopic (exact) mass is 225 g/mol. The van der Waals surface area contributed by atoms with Gasteiger partial charge in [0, 0.05) is 24.4 Å². The molecular weight excluding hydrogens is 210 g/mol. The minimum atomic E-state index is -0.482. The van der Waals surface area contributed by atoms with Crippen LogP contribution in [0.1, 0.15) is 0 Å². The summed E-state index contributed by atoms with van der Waals surface area (Å²) >= 11 is 0. The van der Waals surface area contributed by atoms with E-state index in [2.05, 4.69) is 0 Å². The Morgan fingerprint density at radius 3 is 2.75 bits per heavy atom. The van der Waals surface area contributed by atoms with Crippen molar-refractivity contribution in [2.24, 2.45) is 0 Å². The fourth-order valence-electron chi connectivity index (χ4n) is 1.14. The molecule has 0 saturated heterocycles. The summed E-state index contributed by atoms with van der Waals surface area (Å²) in [6.45, 7) is 1.07. The van der Waals surface area contributed by atoms with Gasteiger partial charge in [0.15, 0.2) is 5.75 Å². The van der Waals surface area contributed by atoms with Gasteiger partial charge < -0.3 is 15.4 Å². The van der Waals surface area contributed by atoms with Gasteiger partial charge in [0.2, 0.25) is 0 Å². The first-order valence-corrected chi connectivity index (χ1v) is 4.82. The van der Waals surface area contributed by atoms with E-state index in [9.17, 15) is 10.1 Å². The zero-order valence-corrected chi connectivity index (χ0v) is 9.34. The number of nitrogens with zero attached hydrogens (tertiary/aromatic N) is 2. The van der Waals surface area contributed by atoms with Gasteiger partial charge in [-0.05, 0) is 20.2 Å². The maximum Gasteiger partial charge on any atom is 0.311 e. The molecule has 0 fully saturated rings. The Bertz CT molecular complexity index is 380. The molecule has 6 nitrogen and oxygen atoms in total. The van der Waals surface area contributed by atoms with E-state index in [-0.39, 0.29) is 11.4 Å². The third kappa shape index (κ3) is 3.39. The number of nitrogens with two attached hydrogens (primary N) is 1. The zero-order valence-electron chi connectivity index (χ0n) is 9.34. The molecule has 0 aromatic heterocycles. The van der Waals surface area contributed by atoms with Crippen LogP contribution in [-0.2, 0) is 0 Å². The number of hydrogen-bond acceptors (Lipinski definition) is 5. The molecule has 2 N–H and O–H groups in total. The molecule has 0 aliphatic rings. The standard InChI is InChI=1S/C10H15N3O3/c1-12(2)5-6-16-10-7-8(11)3-4-9(10)13(14)15/h3-4,7H,5-6,11H2,1-2H3. The van der Waals surface area contributed by atoms with Crippen LogP contribution in [0, 0.1) is 10.1 Å². The van der Waals surface area contributed by atoms with Crippen LogP contribution in [0.5, 0.6) is 5.75 Å². The summed E-state index contributed by atoms with van der Waals surface area (Å²) in [5.41, 5.74) is 5.93. The van der Waals surface area contributed by atoms with Crippen LogP contribution in [0.3, 0.4) is 0 Å². The van der Waals surface area contributed by atoms with Crippen molar-refractivity contribution < 1.29 is 9.66 Å². The van der Waals surface area contributed by atoms with Gasteiger partial charge in [-0.25, -0.2) is 0 Å². The molecule has 88 valence electrons. The van der Waals surface area contributed by atoms with Crippen LogP contribution >= 0.6 is 0 Å². The summed E-state index contributed by atoms with van der Waals surface area (Å²) in [6.07, 6.45) is 0. The van der Waals surface area contributed by atoms with Crippen molar-refractivity contribution in [2.75, 3.05) is 33.0 Å². The molecule has 0 atom stereocenters. The molecule has 6 heteroatoms. The number of benzene rings is 1. The Morgan fingerprint density at radius 1 is 1.50 bits per heavy atom. The predicted octanol–water partition coefficient (Wildman–Crippen LogP) is 1.12. The van der Waals surface area contributed by atoms with Gasteiger partial charge in [0.05, 0.1) is 4.92 Å². The second kappa shape index (κ2) is 5.32. The molecule has 0 amide bonds. The lowest BCUT2D eigenvalue weighted by molar-refractivity contribution is -0.385. The molecule has 1 rings (SSSR count). The highest BCUT2D eigenvalue weighted by atomic mass is 16.6. The lowest BCUT2D eigenvalue weighted by Gasteiger charge is -2.11. The van der Waals surface area contributed by atoms with E-state index in [0.29, 0.717) is 18.8 Å². The Balaban J connectivity index is 2.76. The number of nitrogen functional groups attached to an aromatic ring is 1. The summed E-state index contributed by atoms with van der Waals surface area (Å²) in [6, 6.07) is 4.30. The molecule has 0 aliphatic carbocycles. The molecule has 0 unspecified atom stereocenters. The van der Waals surface area contributed by atoms with E-state index < -0.39 is 4.92 Å². The molecular formula is C10H15N3O3. The van der Waals surface area contributed by atoms with Gasteiger partial charge in [0.1, 0.15) is 6.61 Å². The normalized spacial score (nSPS) is 10.4. The minimum absolute atomic E-state index is 0.0621. The van der Waals surface area contributed by atoms with Crippen LogP contribution in [-0.4, -0.2) is 37.1 Å². The van der Waals surface area contributed by atoms with Crippen molar-refractivity contribution in [1.82, 2.24) is 4.90 Å². The van der Waals surface area contributed by atoms with E-state index in [1.165, 1.54) is 18.2 Å². The van der Waals surface area contributed by atoms with Crippen molar-refractivity contribution >= 4 is 11.4 Å². The number of ether oxygens (including phenoxy) is 1. The maximum absolute atomic E-state index is 10.7. The largest absolute Gasteiger partial charge is 0.485 e. The van der Waals surface area contributed by atoms with Gasteiger partial charge >= 0.3 is 5.69 Å². The van der Waals surface area contributed by atoms with E-state index in [0.717, 1.165) is 0 Å². The van der Waals surface area contributed by atoms with Gasteiger partial charge in [0.25, 0.3) is 0 Å². The number of anilines is 1. The van der Waals surface area contributed by atoms with Crippen LogP contribution in [0.2, 0.25) is 0 Å². The van der Waals surface area contributed by atoms with Crippen LogP contribution < -0.4 is 10.5 Å². The zero-order chi connectivity index (χ0) is 12.1. The Morgan fingerprint density at radius 2 is 2.19 bits per heavy atom. The topological polar surface area (TPSA) is 81.6 Å². The van der Waals surface area contributed by atoms with E-state index in [1.54, 1.807) is 0 Å². The van der Waals surface area contributed by atoms with E-state index in [4.69, 9.17) is 10.5 Å². The first-order chi connectivity index (χ1) is 7.50. The fourth-order valence-corrected chi connectivity index (χ4v) is 1.14. The predicted molar refractivity (Wildman–Crippen MR) is 61.6 cm³/mol. The number of nitro benzene ring substituents is 1. The molecule has 0 bridgehead atoms. The van der Waals surface area contributed by atoms with Crippen molar-refractivity contribution in [1.29, 1.82) is 0 Å². The van der Waals surface area contributed by atoms with Crippen LogP contribution in [0.4, 0.5) is 11.4 Å². The summed E-state index contributed by atoms with van der Waals surface area (Å²) in [7, 11) is 3.80. The molecule has 0 aliphatic heterocycles. The highest BCUT2D eigenvalue weighted by Gasteiger charge is 2.14. The summed E-state index contributed by atoms with van der Waals surface area (Å²) < 4.78 is 5.33. The summed E-state index contributed by atoms with van der Waals surface area (Å²) in [5.74, 6) is 0.215. The quantitative estimate of drug-likeness (QED) is 0.461. The van der Waals surface area contributed by atoms with Gasteiger partial charge in [-0.15, -0.1) is 0 Å². The maximum atomic E-state index is 10.7. The van der Waals surface area contributed by atoms with Crippen molar-refractivity contribution in [3.05, 3.63) is 28.3 Å². The highest BCUT2D eigenvalue weighted by Crippen LogP contribution is 2.28. The Kier molecular flexibility index (Phi) is 4.07. The van der Waals surface area contributed by atoms with Crippen molar-refractivity contribution in [3.8, 4) is 5.75 Å². The Hall–Kier alpha value is -1.82. The third-order valence-electron chi connectivity index (χ3n) is 1.98. The van der Waals surface area contributed by atoms with Gasteiger partial charge in [-0.1, -0.05) is 0 Å². The first-order valence-electron chi connectivity index (χ1n) is 4.82. The van der Waals surface area contributed by atoms with Crippen LogP contribution in [0.25, 0.3) is 0 Å².